The van der Waals surface area contributed by atoms with Gasteiger partial charge in [0.15, 0.2) is 11.5 Å². The molecule has 1 aliphatic rings. The molecule has 0 aliphatic carbocycles. The number of anilines is 1. The molecular weight excluding hydrogens is 300 g/mol. The van der Waals surface area contributed by atoms with Gasteiger partial charge >= 0.3 is 5.69 Å². The summed E-state index contributed by atoms with van der Waals surface area (Å²) in [6, 6.07) is 10.4. The Morgan fingerprint density at radius 1 is 1.26 bits per heavy atom. The Morgan fingerprint density at radius 2 is 2.00 bits per heavy atom. The molecule has 1 amide bonds. The molecule has 7 nitrogen and oxygen atoms in total. The van der Waals surface area contributed by atoms with Gasteiger partial charge in [0, 0.05) is 12.0 Å². The Morgan fingerprint density at radius 3 is 2.70 bits per heavy atom. The average Bonchev–Trinajstić information content (AvgIpc) is 2.55. The summed E-state index contributed by atoms with van der Waals surface area (Å²) in [4.78, 5) is 22.0. The molecule has 3 rings (SSSR count). The fraction of sp³-hybridized carbons (Fsp3) is 0.188. The lowest BCUT2D eigenvalue weighted by Crippen LogP contribution is -2.20. The lowest BCUT2D eigenvalue weighted by atomic mass is 10.00. The number of benzene rings is 2. The molecule has 0 atom stereocenters. The van der Waals surface area contributed by atoms with Crippen LogP contribution in [-0.2, 0) is 17.8 Å². The Labute approximate surface area is 131 Å². The highest BCUT2D eigenvalue weighted by Crippen LogP contribution is 2.44. The number of rotatable bonds is 4. The fourth-order valence-corrected chi connectivity index (χ4v) is 2.50. The maximum Gasteiger partial charge on any atom is 0.314 e. The molecule has 2 aromatic rings. The van der Waals surface area contributed by atoms with Crippen LogP contribution in [0.1, 0.15) is 17.5 Å². The molecule has 2 N–H and O–H groups in total. The minimum atomic E-state index is -0.665. The summed E-state index contributed by atoms with van der Waals surface area (Å²) in [5.41, 5.74) is 1.10. The third-order valence-electron chi connectivity index (χ3n) is 3.64. The van der Waals surface area contributed by atoms with Gasteiger partial charge in [-0.05, 0) is 12.0 Å². The Hall–Kier alpha value is -3.09. The van der Waals surface area contributed by atoms with Crippen molar-refractivity contribution < 1.29 is 19.6 Å². The molecule has 0 radical (unpaired) electrons. The minimum absolute atomic E-state index is 0.167. The van der Waals surface area contributed by atoms with Crippen molar-refractivity contribution in [2.75, 3.05) is 5.32 Å². The van der Waals surface area contributed by atoms with E-state index in [1.54, 1.807) is 0 Å². The first kappa shape index (κ1) is 14.8. The van der Waals surface area contributed by atoms with Crippen LogP contribution in [0.15, 0.2) is 36.4 Å². The molecule has 2 aromatic carbocycles. The molecule has 7 heteroatoms. The van der Waals surface area contributed by atoms with Crippen molar-refractivity contribution in [2.24, 2.45) is 0 Å². The number of hydrogen-bond donors (Lipinski definition) is 2. The summed E-state index contributed by atoms with van der Waals surface area (Å²) in [6.07, 6.45) is 0.399. The SMILES string of the molecule is O=C1CCc2c(O)c([N+](=O)[O-])cc(OCc3ccccc3)c2N1. The summed E-state index contributed by atoms with van der Waals surface area (Å²) in [7, 11) is 0. The van der Waals surface area contributed by atoms with Crippen molar-refractivity contribution in [3.8, 4) is 11.5 Å². The summed E-state index contributed by atoms with van der Waals surface area (Å²) < 4.78 is 5.65. The molecule has 0 fully saturated rings. The number of phenolic OH excluding ortho intramolecular Hbond substituents is 1. The van der Waals surface area contributed by atoms with E-state index in [0.29, 0.717) is 11.3 Å². The van der Waals surface area contributed by atoms with Crippen molar-refractivity contribution in [1.29, 1.82) is 0 Å². The Kier molecular flexibility index (Phi) is 3.84. The minimum Gasteiger partial charge on any atom is -0.502 e. The van der Waals surface area contributed by atoms with Crippen LogP contribution in [0.3, 0.4) is 0 Å². The molecule has 0 bridgehead atoms. The van der Waals surface area contributed by atoms with E-state index in [1.807, 2.05) is 30.3 Å². The van der Waals surface area contributed by atoms with E-state index < -0.39 is 16.4 Å². The van der Waals surface area contributed by atoms with E-state index in [9.17, 15) is 20.0 Å². The molecule has 0 saturated heterocycles. The summed E-state index contributed by atoms with van der Waals surface area (Å²) >= 11 is 0. The number of amides is 1. The zero-order valence-corrected chi connectivity index (χ0v) is 12.1. The highest BCUT2D eigenvalue weighted by molar-refractivity contribution is 5.97. The van der Waals surface area contributed by atoms with Crippen molar-refractivity contribution in [3.05, 3.63) is 57.6 Å². The molecule has 0 spiro atoms. The number of nitrogens with one attached hydrogen (secondary N) is 1. The topological polar surface area (TPSA) is 102 Å². The van der Waals surface area contributed by atoms with Crippen LogP contribution >= 0.6 is 0 Å². The second-order valence-electron chi connectivity index (χ2n) is 5.18. The zero-order valence-electron chi connectivity index (χ0n) is 12.1. The van der Waals surface area contributed by atoms with Gasteiger partial charge in [-0.3, -0.25) is 14.9 Å². The first-order chi connectivity index (χ1) is 11.1. The maximum atomic E-state index is 11.6. The van der Waals surface area contributed by atoms with E-state index in [4.69, 9.17) is 4.74 Å². The van der Waals surface area contributed by atoms with Crippen LogP contribution in [0, 0.1) is 10.1 Å². The Bertz CT molecular complexity index is 774. The number of phenols is 1. The average molecular weight is 314 g/mol. The second-order valence-corrected chi connectivity index (χ2v) is 5.18. The largest absolute Gasteiger partial charge is 0.502 e. The molecule has 1 aliphatic heterocycles. The van der Waals surface area contributed by atoms with Crippen LogP contribution in [-0.4, -0.2) is 15.9 Å². The molecule has 23 heavy (non-hydrogen) atoms. The highest BCUT2D eigenvalue weighted by atomic mass is 16.6. The van der Waals surface area contributed by atoms with E-state index >= 15 is 0 Å². The number of nitrogens with zero attached hydrogens (tertiary/aromatic N) is 1. The number of aromatic hydroxyl groups is 1. The number of carbonyl (C=O) groups excluding carboxylic acids is 1. The highest BCUT2D eigenvalue weighted by Gasteiger charge is 2.29. The fourth-order valence-electron chi connectivity index (χ4n) is 2.50. The van der Waals surface area contributed by atoms with E-state index in [0.717, 1.165) is 11.6 Å². The van der Waals surface area contributed by atoms with Gasteiger partial charge in [-0.25, -0.2) is 0 Å². The number of ether oxygens (including phenoxy) is 1. The monoisotopic (exact) mass is 314 g/mol. The number of hydrogen-bond acceptors (Lipinski definition) is 5. The first-order valence-corrected chi connectivity index (χ1v) is 7.06. The third-order valence-corrected chi connectivity index (χ3v) is 3.64. The van der Waals surface area contributed by atoms with Gasteiger partial charge in [0.2, 0.25) is 5.91 Å². The van der Waals surface area contributed by atoms with Crippen LogP contribution < -0.4 is 10.1 Å². The number of carbonyl (C=O) groups is 1. The maximum absolute atomic E-state index is 11.6. The molecule has 1 heterocycles. The Balaban J connectivity index is 1.99. The van der Waals surface area contributed by atoms with Crippen LogP contribution in [0.4, 0.5) is 11.4 Å². The number of nitro benzene ring substituents is 1. The number of fused-ring (bicyclic) bond motifs is 1. The third kappa shape index (κ3) is 2.94. The second kappa shape index (κ2) is 5.96. The van der Waals surface area contributed by atoms with Gasteiger partial charge in [0.25, 0.3) is 0 Å². The van der Waals surface area contributed by atoms with Gasteiger partial charge in [-0.2, -0.15) is 0 Å². The quantitative estimate of drug-likeness (QED) is 0.667. The normalized spacial score (nSPS) is 13.1. The molecule has 0 saturated carbocycles. The lowest BCUT2D eigenvalue weighted by Gasteiger charge is -2.21. The van der Waals surface area contributed by atoms with E-state index in [2.05, 4.69) is 5.32 Å². The standard InChI is InChI=1S/C16H14N2O5/c19-14-7-6-11-15(17-14)13(8-12(16(11)20)18(21)22)23-9-10-4-2-1-3-5-10/h1-5,8,20H,6-7,9H2,(H,17,19). The number of nitro groups is 1. The van der Waals surface area contributed by atoms with E-state index in [1.165, 1.54) is 0 Å². The van der Waals surface area contributed by atoms with Gasteiger partial charge in [-0.15, -0.1) is 0 Å². The summed E-state index contributed by atoms with van der Waals surface area (Å²) in [5, 5.41) is 23.8. The van der Waals surface area contributed by atoms with Crippen LogP contribution in [0.25, 0.3) is 0 Å². The summed E-state index contributed by atoms with van der Waals surface area (Å²) in [5.74, 6) is -0.450. The lowest BCUT2D eigenvalue weighted by molar-refractivity contribution is -0.386. The van der Waals surface area contributed by atoms with Gasteiger partial charge in [0.05, 0.1) is 16.7 Å². The smallest absolute Gasteiger partial charge is 0.314 e. The van der Waals surface area contributed by atoms with Crippen molar-refractivity contribution >= 4 is 17.3 Å². The van der Waals surface area contributed by atoms with Crippen molar-refractivity contribution in [2.45, 2.75) is 19.4 Å². The molecule has 0 aromatic heterocycles. The van der Waals surface area contributed by atoms with E-state index in [-0.39, 0.29) is 31.1 Å². The van der Waals surface area contributed by atoms with Gasteiger partial charge < -0.3 is 15.2 Å². The van der Waals surface area contributed by atoms with Crippen LogP contribution in [0.5, 0.6) is 11.5 Å². The predicted molar refractivity (Wildman–Crippen MR) is 82.5 cm³/mol. The van der Waals surface area contributed by atoms with Crippen molar-refractivity contribution in [1.82, 2.24) is 0 Å². The van der Waals surface area contributed by atoms with Gasteiger partial charge in [-0.1, -0.05) is 30.3 Å². The molecular formula is C16H14N2O5. The first-order valence-electron chi connectivity index (χ1n) is 7.06. The van der Waals surface area contributed by atoms with Crippen LogP contribution in [0.2, 0.25) is 0 Å². The molecule has 0 unspecified atom stereocenters. The predicted octanol–water partition coefficient (Wildman–Crippen LogP) is 2.76. The van der Waals surface area contributed by atoms with Crippen molar-refractivity contribution in [3.63, 3.8) is 0 Å². The zero-order chi connectivity index (χ0) is 16.4. The molecule has 118 valence electrons. The van der Waals surface area contributed by atoms with Gasteiger partial charge in [0.1, 0.15) is 6.61 Å². The summed E-state index contributed by atoms with van der Waals surface area (Å²) in [6.45, 7) is 0.199.